The summed E-state index contributed by atoms with van der Waals surface area (Å²) < 4.78 is 18.9. The number of benzene rings is 4. The van der Waals surface area contributed by atoms with Crippen LogP contribution in [0.2, 0.25) is 5.02 Å². The molecule has 0 bridgehead atoms. The number of amides is 1. The maximum absolute atomic E-state index is 14.3. The number of anilines is 1. The summed E-state index contributed by atoms with van der Waals surface area (Å²) in [6, 6.07) is 28.0. The zero-order valence-corrected chi connectivity index (χ0v) is 29.2. The molecule has 5 aromatic rings. The first kappa shape index (κ1) is 34.4. The van der Waals surface area contributed by atoms with Gasteiger partial charge < -0.3 is 19.5 Å². The Kier molecular flexibility index (Phi) is 10.6. The Morgan fingerprint density at radius 3 is 2.38 bits per heavy atom. The minimum Gasteiger partial charge on any atom is -0.494 e. The van der Waals surface area contributed by atoms with E-state index in [0.29, 0.717) is 67.2 Å². The lowest BCUT2D eigenvalue weighted by Gasteiger charge is -2.25. The predicted octanol–water partition coefficient (Wildman–Crippen LogP) is 6.68. The fourth-order valence-electron chi connectivity index (χ4n) is 5.58. The van der Waals surface area contributed by atoms with Crippen molar-refractivity contribution in [3.63, 3.8) is 0 Å². The Morgan fingerprint density at radius 2 is 1.68 bits per heavy atom. The van der Waals surface area contributed by atoms with E-state index in [2.05, 4.69) is 5.32 Å². The molecule has 9 nitrogen and oxygen atoms in total. The highest BCUT2D eigenvalue weighted by molar-refractivity contribution is 7.07. The van der Waals surface area contributed by atoms with Gasteiger partial charge in [0.25, 0.3) is 11.5 Å². The number of rotatable bonds is 11. The van der Waals surface area contributed by atoms with Gasteiger partial charge in [-0.05, 0) is 92.6 Å². The third-order valence-electron chi connectivity index (χ3n) is 7.92. The van der Waals surface area contributed by atoms with Crippen LogP contribution in [0, 0.1) is 0 Å². The Morgan fingerprint density at radius 1 is 0.940 bits per heavy atom. The number of ether oxygens (including phenoxy) is 3. The van der Waals surface area contributed by atoms with E-state index in [9.17, 15) is 14.4 Å². The number of carbonyl (C=O) groups is 2. The van der Waals surface area contributed by atoms with Gasteiger partial charge in [0, 0.05) is 16.3 Å². The number of esters is 1. The van der Waals surface area contributed by atoms with Crippen LogP contribution in [-0.4, -0.2) is 29.7 Å². The van der Waals surface area contributed by atoms with Crippen LogP contribution in [0.15, 0.2) is 118 Å². The van der Waals surface area contributed by atoms with E-state index in [1.807, 2.05) is 49.4 Å². The molecule has 0 aliphatic carbocycles. The minimum absolute atomic E-state index is 0.212. The van der Waals surface area contributed by atoms with E-state index in [0.717, 1.165) is 11.1 Å². The average Bonchev–Trinajstić information content (AvgIpc) is 3.42. The van der Waals surface area contributed by atoms with Crippen molar-refractivity contribution < 1.29 is 23.8 Å². The molecule has 1 aliphatic heterocycles. The molecule has 1 aromatic heterocycles. The van der Waals surface area contributed by atoms with Gasteiger partial charge in [0.2, 0.25) is 0 Å². The van der Waals surface area contributed by atoms with Crippen molar-refractivity contribution in [1.82, 2.24) is 4.57 Å². The maximum atomic E-state index is 14.3. The first-order valence-corrected chi connectivity index (χ1v) is 17.2. The van der Waals surface area contributed by atoms with Crippen molar-refractivity contribution in [3.8, 4) is 11.5 Å². The van der Waals surface area contributed by atoms with Gasteiger partial charge in [-0.25, -0.2) is 9.79 Å². The Hall–Kier alpha value is -5.45. The molecule has 1 N–H and O–H groups in total. The number of nitrogens with zero attached hydrogens (tertiary/aromatic N) is 2. The summed E-state index contributed by atoms with van der Waals surface area (Å²) in [5.74, 6) is 0.455. The zero-order valence-electron chi connectivity index (χ0n) is 27.6. The lowest BCUT2D eigenvalue weighted by Crippen LogP contribution is -2.40. The molecule has 1 atom stereocenters. The first-order chi connectivity index (χ1) is 24.2. The number of hydrogen-bond donors (Lipinski definition) is 1. The van der Waals surface area contributed by atoms with Crippen LogP contribution in [-0.2, 0) is 16.1 Å². The molecule has 2 heterocycles. The number of para-hydroxylation sites is 1. The van der Waals surface area contributed by atoms with Gasteiger partial charge in [-0.15, -0.1) is 0 Å². The molecule has 1 aliphatic rings. The first-order valence-electron chi connectivity index (χ1n) is 16.1. The number of carbonyl (C=O) groups excluding carboxylic acids is 2. The largest absolute Gasteiger partial charge is 0.494 e. The van der Waals surface area contributed by atoms with E-state index < -0.39 is 6.04 Å². The van der Waals surface area contributed by atoms with Gasteiger partial charge in [-0.3, -0.25) is 14.2 Å². The topological polar surface area (TPSA) is 108 Å². The van der Waals surface area contributed by atoms with Gasteiger partial charge in [0.15, 0.2) is 4.80 Å². The van der Waals surface area contributed by atoms with Gasteiger partial charge in [-0.1, -0.05) is 65.4 Å². The second kappa shape index (κ2) is 15.4. The van der Waals surface area contributed by atoms with Crippen molar-refractivity contribution in [1.29, 1.82) is 0 Å². The molecule has 4 aromatic carbocycles. The Labute approximate surface area is 297 Å². The third-order valence-corrected chi connectivity index (χ3v) is 9.14. The fraction of sp³-hybridized carbons (Fsp3) is 0.179. The summed E-state index contributed by atoms with van der Waals surface area (Å²) in [5, 5.41) is 3.44. The van der Waals surface area contributed by atoms with E-state index in [4.69, 9.17) is 30.8 Å². The number of hydrogen-bond acceptors (Lipinski definition) is 8. The molecule has 6 rings (SSSR count). The Balaban J connectivity index is 1.37. The summed E-state index contributed by atoms with van der Waals surface area (Å²) in [5.41, 5.74) is 3.80. The molecular formula is C39H34ClN3O6S. The highest BCUT2D eigenvalue weighted by atomic mass is 35.5. The van der Waals surface area contributed by atoms with Gasteiger partial charge in [0.05, 0.1) is 40.6 Å². The van der Waals surface area contributed by atoms with Crippen molar-refractivity contribution in [3.05, 3.63) is 155 Å². The molecule has 1 amide bonds. The van der Waals surface area contributed by atoms with Gasteiger partial charge in [-0.2, -0.15) is 0 Å². The predicted molar refractivity (Wildman–Crippen MR) is 195 cm³/mol. The van der Waals surface area contributed by atoms with Crippen molar-refractivity contribution in [2.75, 3.05) is 18.5 Å². The SMILES string of the molecule is CCOC(=O)c1ccc(COc2ccc(Cl)cc2/C=c2\sc3n(c2=O)[C@@H](c2ccc(OCC)cc2)C(C(=O)Nc2ccccc2)=C(C)N=3)cc1. The molecule has 0 saturated heterocycles. The normalized spacial score (nSPS) is 14.1. The monoisotopic (exact) mass is 707 g/mol. The van der Waals surface area contributed by atoms with Crippen molar-refractivity contribution in [2.24, 2.45) is 4.99 Å². The van der Waals surface area contributed by atoms with Crippen molar-refractivity contribution >= 4 is 46.6 Å². The zero-order chi connectivity index (χ0) is 35.2. The fourth-order valence-corrected chi connectivity index (χ4v) is 6.80. The number of fused-ring (bicyclic) bond motifs is 1. The smallest absolute Gasteiger partial charge is 0.338 e. The summed E-state index contributed by atoms with van der Waals surface area (Å²) in [4.78, 5) is 45.4. The van der Waals surface area contributed by atoms with Crippen LogP contribution >= 0.6 is 22.9 Å². The Bertz CT molecular complexity index is 2240. The molecule has 0 saturated carbocycles. The lowest BCUT2D eigenvalue weighted by atomic mass is 9.95. The third kappa shape index (κ3) is 7.56. The van der Waals surface area contributed by atoms with Crippen LogP contribution in [0.25, 0.3) is 6.08 Å². The van der Waals surface area contributed by atoms with Gasteiger partial charge >= 0.3 is 5.97 Å². The van der Waals surface area contributed by atoms with Crippen LogP contribution in [0.4, 0.5) is 5.69 Å². The number of allylic oxidation sites excluding steroid dienone is 1. The molecule has 0 unspecified atom stereocenters. The summed E-state index contributed by atoms with van der Waals surface area (Å²) in [6.07, 6.45) is 1.73. The van der Waals surface area contributed by atoms with E-state index >= 15 is 0 Å². The van der Waals surface area contributed by atoms with Crippen LogP contribution in [0.3, 0.4) is 0 Å². The van der Waals surface area contributed by atoms with E-state index in [1.54, 1.807) is 79.1 Å². The van der Waals surface area contributed by atoms with Crippen LogP contribution in [0.1, 0.15) is 53.9 Å². The molecular weight excluding hydrogens is 674 g/mol. The van der Waals surface area contributed by atoms with Crippen LogP contribution in [0.5, 0.6) is 11.5 Å². The quantitative estimate of drug-likeness (QED) is 0.154. The second-order valence-electron chi connectivity index (χ2n) is 11.3. The number of halogens is 1. The maximum Gasteiger partial charge on any atom is 0.338 e. The van der Waals surface area contributed by atoms with Crippen LogP contribution < -0.4 is 29.7 Å². The molecule has 0 radical (unpaired) electrons. The van der Waals surface area contributed by atoms with E-state index in [-0.39, 0.29) is 24.0 Å². The summed E-state index contributed by atoms with van der Waals surface area (Å²) in [7, 11) is 0. The summed E-state index contributed by atoms with van der Waals surface area (Å²) in [6.45, 7) is 6.47. The highest BCUT2D eigenvalue weighted by Gasteiger charge is 2.32. The standard InChI is InChI=1S/C39H34ClN3O6S/c1-4-47-31-18-15-26(16-19-31)35-34(36(44)42-30-9-7-6-8-10-30)24(3)41-39-43(35)37(45)33(50-39)22-28-21-29(40)17-20-32(28)49-23-25-11-13-27(14-12-25)38(46)48-5-2/h6-22,35H,4-5,23H2,1-3H3,(H,42,44)/b33-22-/t35-/m0/s1. The molecule has 0 fully saturated rings. The number of nitrogens with one attached hydrogen (secondary N) is 1. The molecule has 0 spiro atoms. The average molecular weight is 708 g/mol. The van der Waals surface area contributed by atoms with Crippen molar-refractivity contribution in [2.45, 2.75) is 33.4 Å². The van der Waals surface area contributed by atoms with Gasteiger partial charge in [0.1, 0.15) is 18.1 Å². The van der Waals surface area contributed by atoms with E-state index in [1.165, 1.54) is 11.3 Å². The summed E-state index contributed by atoms with van der Waals surface area (Å²) >= 11 is 7.63. The second-order valence-corrected chi connectivity index (χ2v) is 12.7. The lowest BCUT2D eigenvalue weighted by molar-refractivity contribution is -0.113. The molecule has 254 valence electrons. The molecule has 50 heavy (non-hydrogen) atoms. The molecule has 11 heteroatoms. The number of thiazole rings is 1. The number of aromatic nitrogens is 1. The minimum atomic E-state index is -0.750. The highest BCUT2D eigenvalue weighted by Crippen LogP contribution is 2.32.